The molecule has 0 radical (unpaired) electrons. The first kappa shape index (κ1) is 14.4. The van der Waals surface area contributed by atoms with E-state index in [1.165, 1.54) is 24.9 Å². The van der Waals surface area contributed by atoms with Crippen molar-refractivity contribution >= 4 is 15.9 Å². The Labute approximate surface area is 117 Å². The van der Waals surface area contributed by atoms with E-state index in [1.807, 2.05) is 0 Å². The van der Waals surface area contributed by atoms with E-state index in [0.29, 0.717) is 5.33 Å². The molecule has 2 rings (SSSR count). The van der Waals surface area contributed by atoms with Gasteiger partial charge in [0.2, 0.25) is 0 Å². The van der Waals surface area contributed by atoms with E-state index in [2.05, 4.69) is 15.9 Å². The topological polar surface area (TPSA) is 93.7 Å². The van der Waals surface area contributed by atoms with Crippen molar-refractivity contribution in [3.63, 3.8) is 0 Å². The average molecular weight is 335 g/mol. The van der Waals surface area contributed by atoms with Crippen LogP contribution in [0.3, 0.4) is 0 Å². The maximum Gasteiger partial charge on any atom is 0.330 e. The number of aromatic nitrogens is 2. The lowest BCUT2D eigenvalue weighted by atomic mass is 10.0. The van der Waals surface area contributed by atoms with Crippen molar-refractivity contribution in [1.82, 2.24) is 9.13 Å². The molecule has 0 aromatic carbocycles. The predicted molar refractivity (Wildman–Crippen MR) is 70.3 cm³/mol. The van der Waals surface area contributed by atoms with E-state index in [1.54, 1.807) is 0 Å². The molecule has 0 unspecified atom stereocenters. The van der Waals surface area contributed by atoms with Crippen molar-refractivity contribution in [2.24, 2.45) is 14.1 Å². The molecule has 7 nitrogen and oxygen atoms in total. The molecule has 1 aliphatic rings. The third-order valence-corrected chi connectivity index (χ3v) is 3.93. The van der Waals surface area contributed by atoms with Gasteiger partial charge in [-0.25, -0.2) is 4.79 Å². The van der Waals surface area contributed by atoms with Crippen LogP contribution in [-0.4, -0.2) is 43.0 Å². The second-order valence-corrected chi connectivity index (χ2v) is 5.22. The summed E-state index contributed by atoms with van der Waals surface area (Å²) in [5, 5.41) is 20.1. The smallest absolute Gasteiger partial charge is 0.330 e. The van der Waals surface area contributed by atoms with Gasteiger partial charge >= 0.3 is 5.69 Å². The Kier molecular flexibility index (Phi) is 3.95. The van der Waals surface area contributed by atoms with E-state index < -0.39 is 35.7 Å². The first-order valence-electron chi connectivity index (χ1n) is 5.72. The van der Waals surface area contributed by atoms with Gasteiger partial charge in [0.1, 0.15) is 18.3 Å². The van der Waals surface area contributed by atoms with Gasteiger partial charge in [-0.3, -0.25) is 9.36 Å². The van der Waals surface area contributed by atoms with E-state index in [0.717, 1.165) is 4.57 Å². The quantitative estimate of drug-likeness (QED) is 0.651. The fraction of sp³-hybridized carbons (Fsp3) is 0.636. The molecule has 1 aliphatic heterocycles. The molecule has 0 bridgehead atoms. The van der Waals surface area contributed by atoms with E-state index in [-0.39, 0.29) is 5.56 Å². The fourth-order valence-electron chi connectivity index (χ4n) is 2.16. The summed E-state index contributed by atoms with van der Waals surface area (Å²) >= 11 is 3.17. The monoisotopic (exact) mass is 334 g/mol. The van der Waals surface area contributed by atoms with Crippen LogP contribution in [0.1, 0.15) is 11.7 Å². The highest BCUT2D eigenvalue weighted by Gasteiger charge is 2.44. The normalized spacial score (nSPS) is 30.8. The van der Waals surface area contributed by atoms with Crippen LogP contribution >= 0.6 is 15.9 Å². The summed E-state index contributed by atoms with van der Waals surface area (Å²) in [6, 6.07) is 0. The summed E-state index contributed by atoms with van der Waals surface area (Å²) in [5.74, 6) is 0. The average Bonchev–Trinajstić information content (AvgIpc) is 2.68. The molecule has 2 N–H and O–H groups in total. The number of nitrogens with zero attached hydrogens (tertiary/aromatic N) is 2. The van der Waals surface area contributed by atoms with Gasteiger partial charge in [0.25, 0.3) is 5.56 Å². The van der Waals surface area contributed by atoms with Crippen molar-refractivity contribution < 1.29 is 14.9 Å². The Hall–Kier alpha value is -0.960. The summed E-state index contributed by atoms with van der Waals surface area (Å²) in [7, 11) is 2.86. The molecule has 8 heteroatoms. The third-order valence-electron chi connectivity index (χ3n) is 3.29. The number of alkyl halides is 1. The number of aliphatic hydroxyl groups excluding tert-OH is 2. The maximum absolute atomic E-state index is 12.0. The van der Waals surface area contributed by atoms with Crippen molar-refractivity contribution in [2.45, 2.75) is 24.4 Å². The standard InChI is InChI=1S/C11H15BrN2O5/c1-13-4-5(10(17)14(2)11(13)18)9-8(16)7(15)6(3-12)19-9/h4,6-9,15-16H,3H2,1-2H3/t6-,7-,8-,9+/m1/s1. The highest BCUT2D eigenvalue weighted by molar-refractivity contribution is 9.09. The Bertz CT molecular complexity index is 596. The van der Waals surface area contributed by atoms with E-state index in [9.17, 15) is 19.8 Å². The molecule has 1 fully saturated rings. The van der Waals surface area contributed by atoms with E-state index >= 15 is 0 Å². The maximum atomic E-state index is 12.0. The van der Waals surface area contributed by atoms with Gasteiger partial charge in [0, 0.05) is 25.6 Å². The summed E-state index contributed by atoms with van der Waals surface area (Å²) in [6.45, 7) is 0. The van der Waals surface area contributed by atoms with Crippen molar-refractivity contribution in [3.8, 4) is 0 Å². The van der Waals surface area contributed by atoms with Gasteiger partial charge in [0.15, 0.2) is 0 Å². The van der Waals surface area contributed by atoms with Crippen LogP contribution in [0.2, 0.25) is 0 Å². The molecule has 19 heavy (non-hydrogen) atoms. The first-order valence-corrected chi connectivity index (χ1v) is 6.84. The van der Waals surface area contributed by atoms with Crippen LogP contribution < -0.4 is 11.2 Å². The SMILES string of the molecule is Cn1cc([C@@H]2O[C@H](CBr)[C@@H](O)[C@H]2O)c(=O)n(C)c1=O. The minimum absolute atomic E-state index is 0.152. The molecule has 0 amide bonds. The van der Waals surface area contributed by atoms with Crippen molar-refractivity contribution in [2.75, 3.05) is 5.33 Å². The third kappa shape index (κ3) is 2.29. The van der Waals surface area contributed by atoms with Crippen LogP contribution in [0, 0.1) is 0 Å². The van der Waals surface area contributed by atoms with Gasteiger partial charge < -0.3 is 19.5 Å². The molecular weight excluding hydrogens is 320 g/mol. The highest BCUT2D eigenvalue weighted by Crippen LogP contribution is 2.32. The molecule has 0 spiro atoms. The lowest BCUT2D eigenvalue weighted by Crippen LogP contribution is -2.40. The molecule has 1 aromatic heterocycles. The number of hydrogen-bond donors (Lipinski definition) is 2. The zero-order valence-electron chi connectivity index (χ0n) is 10.5. The van der Waals surface area contributed by atoms with Crippen LogP contribution in [-0.2, 0) is 18.8 Å². The van der Waals surface area contributed by atoms with Gasteiger partial charge in [-0.15, -0.1) is 0 Å². The molecule has 2 heterocycles. The Morgan fingerprint density at radius 3 is 2.47 bits per heavy atom. The Balaban J connectivity index is 2.50. The van der Waals surface area contributed by atoms with Gasteiger partial charge in [-0.2, -0.15) is 0 Å². The predicted octanol–water partition coefficient (Wildman–Crippen LogP) is -1.36. The Morgan fingerprint density at radius 1 is 1.32 bits per heavy atom. The van der Waals surface area contributed by atoms with Gasteiger partial charge in [-0.05, 0) is 0 Å². The molecule has 1 saturated heterocycles. The zero-order chi connectivity index (χ0) is 14.3. The Morgan fingerprint density at radius 2 is 1.95 bits per heavy atom. The molecule has 4 atom stereocenters. The minimum atomic E-state index is -1.20. The summed E-state index contributed by atoms with van der Waals surface area (Å²) < 4.78 is 7.66. The van der Waals surface area contributed by atoms with Crippen molar-refractivity contribution in [1.29, 1.82) is 0 Å². The molecular formula is C11H15BrN2O5. The lowest BCUT2D eigenvalue weighted by Gasteiger charge is -2.15. The number of hydrogen-bond acceptors (Lipinski definition) is 5. The van der Waals surface area contributed by atoms with Crippen molar-refractivity contribution in [3.05, 3.63) is 32.6 Å². The minimum Gasteiger partial charge on any atom is -0.388 e. The highest BCUT2D eigenvalue weighted by atomic mass is 79.9. The van der Waals surface area contributed by atoms with Crippen LogP contribution in [0.5, 0.6) is 0 Å². The van der Waals surface area contributed by atoms with Gasteiger partial charge in [-0.1, -0.05) is 15.9 Å². The molecule has 0 aliphatic carbocycles. The second kappa shape index (κ2) is 5.20. The first-order chi connectivity index (χ1) is 8.88. The number of halogens is 1. The van der Waals surface area contributed by atoms with Crippen LogP contribution in [0.4, 0.5) is 0 Å². The fourth-order valence-corrected chi connectivity index (χ4v) is 2.70. The number of rotatable bonds is 2. The van der Waals surface area contributed by atoms with E-state index in [4.69, 9.17) is 4.74 Å². The zero-order valence-corrected chi connectivity index (χ0v) is 12.1. The molecule has 1 aromatic rings. The number of ether oxygens (including phenoxy) is 1. The summed E-state index contributed by atoms with van der Waals surface area (Å²) in [4.78, 5) is 23.6. The van der Waals surface area contributed by atoms with Gasteiger partial charge in [0.05, 0.1) is 11.7 Å². The molecule has 106 valence electrons. The number of aliphatic hydroxyl groups is 2. The lowest BCUT2D eigenvalue weighted by molar-refractivity contribution is 0.0152. The van der Waals surface area contributed by atoms with Crippen LogP contribution in [0.15, 0.2) is 15.8 Å². The van der Waals surface area contributed by atoms with Crippen LogP contribution in [0.25, 0.3) is 0 Å². The second-order valence-electron chi connectivity index (χ2n) is 4.57. The summed E-state index contributed by atoms with van der Waals surface area (Å²) in [5.41, 5.74) is -0.840. The largest absolute Gasteiger partial charge is 0.388 e. The number of aryl methyl sites for hydroxylation is 1. The molecule has 0 saturated carbocycles. The summed E-state index contributed by atoms with van der Waals surface area (Å²) in [6.07, 6.45) is -2.48.